The summed E-state index contributed by atoms with van der Waals surface area (Å²) < 4.78 is 16.8. The van der Waals surface area contributed by atoms with Crippen LogP contribution in [0, 0.1) is 0 Å². The van der Waals surface area contributed by atoms with Gasteiger partial charge in [0.25, 0.3) is 5.91 Å². The minimum Gasteiger partial charge on any atom is -0.496 e. The van der Waals surface area contributed by atoms with Gasteiger partial charge in [0.05, 0.1) is 24.9 Å². The van der Waals surface area contributed by atoms with E-state index in [9.17, 15) is 4.79 Å². The molecule has 1 fully saturated rings. The Morgan fingerprint density at radius 1 is 1.21 bits per heavy atom. The van der Waals surface area contributed by atoms with Crippen LogP contribution in [0.2, 0.25) is 0 Å². The van der Waals surface area contributed by atoms with Gasteiger partial charge < -0.3 is 24.5 Å². The van der Waals surface area contributed by atoms with E-state index in [0.29, 0.717) is 36.0 Å². The number of hydrogen-bond acceptors (Lipinski definition) is 5. The Labute approximate surface area is 141 Å². The molecule has 2 atom stereocenters. The van der Waals surface area contributed by atoms with Gasteiger partial charge in [0.1, 0.15) is 11.5 Å². The predicted octanol–water partition coefficient (Wildman–Crippen LogP) is 2.79. The van der Waals surface area contributed by atoms with E-state index in [1.54, 1.807) is 36.3 Å². The van der Waals surface area contributed by atoms with E-state index >= 15 is 0 Å². The van der Waals surface area contributed by atoms with E-state index < -0.39 is 0 Å². The number of benzene rings is 1. The van der Waals surface area contributed by atoms with Gasteiger partial charge in [0, 0.05) is 24.8 Å². The molecule has 0 spiro atoms. The van der Waals surface area contributed by atoms with Crippen LogP contribution < -0.4 is 10.5 Å². The zero-order valence-corrected chi connectivity index (χ0v) is 14.1. The number of carbonyl (C=O) groups is 1. The average Bonchev–Trinajstić information content (AvgIpc) is 3.02. The second-order valence-corrected chi connectivity index (χ2v) is 6.09. The third-order valence-electron chi connectivity index (χ3n) is 4.01. The summed E-state index contributed by atoms with van der Waals surface area (Å²) in [6.07, 6.45) is 0.0358. The van der Waals surface area contributed by atoms with Gasteiger partial charge in [-0.25, -0.2) is 0 Å². The number of methoxy groups -OCH3 is 1. The van der Waals surface area contributed by atoms with Crippen LogP contribution in [0.1, 0.15) is 24.4 Å². The zero-order valence-electron chi connectivity index (χ0n) is 14.1. The molecule has 6 heteroatoms. The molecule has 0 bridgehead atoms. The van der Waals surface area contributed by atoms with Crippen molar-refractivity contribution in [2.24, 2.45) is 0 Å². The number of carbonyl (C=O) groups excluding carboxylic acids is 1. The molecule has 1 aromatic heterocycles. The van der Waals surface area contributed by atoms with Gasteiger partial charge in [-0.3, -0.25) is 4.79 Å². The van der Waals surface area contributed by atoms with Gasteiger partial charge in [-0.1, -0.05) is 0 Å². The Morgan fingerprint density at radius 2 is 1.92 bits per heavy atom. The lowest BCUT2D eigenvalue weighted by Crippen LogP contribution is -2.48. The number of nitrogens with two attached hydrogens (primary N) is 1. The first-order valence-corrected chi connectivity index (χ1v) is 7.96. The molecule has 128 valence electrons. The Hall–Kier alpha value is -2.47. The molecule has 6 nitrogen and oxygen atoms in total. The number of furan rings is 1. The van der Waals surface area contributed by atoms with Crippen molar-refractivity contribution in [3.8, 4) is 17.1 Å². The highest BCUT2D eigenvalue weighted by molar-refractivity contribution is 5.92. The molecule has 3 rings (SSSR count). The first kappa shape index (κ1) is 16.4. The van der Waals surface area contributed by atoms with Crippen molar-refractivity contribution in [1.82, 2.24) is 4.90 Å². The molecule has 0 aliphatic carbocycles. The van der Waals surface area contributed by atoms with E-state index in [1.165, 1.54) is 0 Å². The smallest absolute Gasteiger partial charge is 0.289 e. The standard InChI is InChI=1S/C18H22N2O4/c1-11-9-20(10-12(2)23-11)18(21)16-7-6-15(24-16)14-5-4-13(19)8-17(14)22-3/h4-8,11-12H,9-10,19H2,1-3H3/t11-,12+. The third-order valence-corrected chi connectivity index (χ3v) is 4.01. The summed E-state index contributed by atoms with van der Waals surface area (Å²) in [5.74, 6) is 1.37. The van der Waals surface area contributed by atoms with Crippen molar-refractivity contribution in [1.29, 1.82) is 0 Å². The molecule has 1 aliphatic heterocycles. The van der Waals surface area contributed by atoms with Crippen LogP contribution in [0.15, 0.2) is 34.7 Å². The summed E-state index contributed by atoms with van der Waals surface area (Å²) in [6.45, 7) is 5.04. The minimum absolute atomic E-state index is 0.0179. The average molecular weight is 330 g/mol. The van der Waals surface area contributed by atoms with Gasteiger partial charge in [0.2, 0.25) is 0 Å². The first-order chi connectivity index (χ1) is 11.5. The molecular weight excluding hydrogens is 308 g/mol. The molecule has 2 aromatic rings. The number of hydrogen-bond donors (Lipinski definition) is 1. The zero-order chi connectivity index (χ0) is 17.3. The van der Waals surface area contributed by atoms with E-state index in [4.69, 9.17) is 19.6 Å². The Bertz CT molecular complexity index is 730. The van der Waals surface area contributed by atoms with Gasteiger partial charge in [-0.05, 0) is 38.1 Å². The molecule has 1 aromatic carbocycles. The highest BCUT2D eigenvalue weighted by Gasteiger charge is 2.28. The minimum atomic E-state index is -0.127. The van der Waals surface area contributed by atoms with Crippen molar-refractivity contribution in [3.05, 3.63) is 36.1 Å². The van der Waals surface area contributed by atoms with Crippen molar-refractivity contribution in [2.45, 2.75) is 26.1 Å². The quantitative estimate of drug-likeness (QED) is 0.876. The van der Waals surface area contributed by atoms with Gasteiger partial charge in [0.15, 0.2) is 5.76 Å². The topological polar surface area (TPSA) is 77.9 Å². The van der Waals surface area contributed by atoms with E-state index in [2.05, 4.69) is 0 Å². The monoisotopic (exact) mass is 330 g/mol. The molecule has 1 aliphatic rings. The molecule has 1 saturated heterocycles. The van der Waals surface area contributed by atoms with Crippen LogP contribution in [0.4, 0.5) is 5.69 Å². The predicted molar refractivity (Wildman–Crippen MR) is 91.0 cm³/mol. The number of rotatable bonds is 3. The molecule has 0 unspecified atom stereocenters. The van der Waals surface area contributed by atoms with Gasteiger partial charge in [-0.2, -0.15) is 0 Å². The number of amides is 1. The summed E-state index contributed by atoms with van der Waals surface area (Å²) in [4.78, 5) is 14.4. The fourth-order valence-corrected chi connectivity index (χ4v) is 3.01. The summed E-state index contributed by atoms with van der Waals surface area (Å²) in [7, 11) is 1.57. The third kappa shape index (κ3) is 3.23. The maximum absolute atomic E-state index is 12.7. The molecule has 0 radical (unpaired) electrons. The van der Waals surface area contributed by atoms with Crippen LogP contribution in [0.3, 0.4) is 0 Å². The van der Waals surface area contributed by atoms with Crippen LogP contribution in [-0.4, -0.2) is 43.2 Å². The highest BCUT2D eigenvalue weighted by atomic mass is 16.5. The highest BCUT2D eigenvalue weighted by Crippen LogP contribution is 2.33. The van der Waals surface area contributed by atoms with Crippen LogP contribution in [0.25, 0.3) is 11.3 Å². The second kappa shape index (κ2) is 6.57. The van der Waals surface area contributed by atoms with Crippen molar-refractivity contribution < 1.29 is 18.7 Å². The molecular formula is C18H22N2O4. The first-order valence-electron chi connectivity index (χ1n) is 7.96. The van der Waals surface area contributed by atoms with Crippen LogP contribution in [0.5, 0.6) is 5.75 Å². The summed E-state index contributed by atoms with van der Waals surface area (Å²) in [5.41, 5.74) is 7.14. The van der Waals surface area contributed by atoms with Crippen LogP contribution >= 0.6 is 0 Å². The van der Waals surface area contributed by atoms with Crippen molar-refractivity contribution >= 4 is 11.6 Å². The number of nitrogens with zero attached hydrogens (tertiary/aromatic N) is 1. The lowest BCUT2D eigenvalue weighted by atomic mass is 10.1. The second-order valence-electron chi connectivity index (χ2n) is 6.09. The van der Waals surface area contributed by atoms with E-state index in [0.717, 1.165) is 5.56 Å². The largest absolute Gasteiger partial charge is 0.496 e. The molecule has 24 heavy (non-hydrogen) atoms. The fourth-order valence-electron chi connectivity index (χ4n) is 3.01. The van der Waals surface area contributed by atoms with Gasteiger partial charge >= 0.3 is 0 Å². The Kier molecular flexibility index (Phi) is 4.49. The van der Waals surface area contributed by atoms with Gasteiger partial charge in [-0.15, -0.1) is 0 Å². The molecule has 2 heterocycles. The number of ether oxygens (including phenoxy) is 2. The molecule has 2 N–H and O–H groups in total. The van der Waals surface area contributed by atoms with E-state index in [-0.39, 0.29) is 18.1 Å². The lowest BCUT2D eigenvalue weighted by molar-refractivity contribution is -0.0592. The Morgan fingerprint density at radius 3 is 2.58 bits per heavy atom. The summed E-state index contributed by atoms with van der Waals surface area (Å²) in [6, 6.07) is 8.78. The molecule has 1 amide bonds. The Balaban J connectivity index is 1.84. The SMILES string of the molecule is COc1cc(N)ccc1-c1ccc(C(=O)N2C[C@@H](C)O[C@@H](C)C2)o1. The maximum atomic E-state index is 12.7. The number of morpholine rings is 1. The normalized spacial score (nSPS) is 20.9. The van der Waals surface area contributed by atoms with Crippen LogP contribution in [-0.2, 0) is 4.74 Å². The number of anilines is 1. The van der Waals surface area contributed by atoms with Crippen molar-refractivity contribution in [2.75, 3.05) is 25.9 Å². The molecule has 0 saturated carbocycles. The fraction of sp³-hybridized carbons (Fsp3) is 0.389. The lowest BCUT2D eigenvalue weighted by Gasteiger charge is -2.34. The summed E-state index contributed by atoms with van der Waals surface area (Å²) >= 11 is 0. The number of nitrogen functional groups attached to an aromatic ring is 1. The summed E-state index contributed by atoms with van der Waals surface area (Å²) in [5, 5.41) is 0. The van der Waals surface area contributed by atoms with E-state index in [1.807, 2.05) is 19.9 Å². The van der Waals surface area contributed by atoms with Crippen molar-refractivity contribution in [3.63, 3.8) is 0 Å². The maximum Gasteiger partial charge on any atom is 0.289 e.